The number of amides is 3. The number of hydrogen-bond acceptors (Lipinski definition) is 6. The molecular weight excluding hydrogens is 389 g/mol. The van der Waals surface area contributed by atoms with Gasteiger partial charge >= 0.3 is 0 Å². The fraction of sp³-hybridized carbons (Fsp3) is 0.238. The second-order valence-corrected chi connectivity index (χ2v) is 7.65. The molecule has 0 radical (unpaired) electrons. The maximum atomic E-state index is 14.1. The summed E-state index contributed by atoms with van der Waals surface area (Å²) in [5.41, 5.74) is 7.05. The van der Waals surface area contributed by atoms with Crippen molar-refractivity contribution in [1.82, 2.24) is 10.2 Å². The van der Waals surface area contributed by atoms with E-state index in [1.165, 1.54) is 18.2 Å². The number of likely N-dealkylation sites (tertiary alicyclic amines) is 1. The van der Waals surface area contributed by atoms with E-state index in [-0.39, 0.29) is 28.4 Å². The Hall–Kier alpha value is -3.75. The number of piperidine rings is 1. The number of rotatable bonds is 1. The minimum Gasteiger partial charge on any atom is -0.383 e. The molecule has 2 aromatic rings. The van der Waals surface area contributed by atoms with Gasteiger partial charge in [0.1, 0.15) is 17.3 Å². The number of amidine groups is 1. The van der Waals surface area contributed by atoms with E-state index in [1.807, 2.05) is 0 Å². The first kappa shape index (κ1) is 18.3. The first-order valence-corrected chi connectivity index (χ1v) is 9.58. The highest BCUT2D eigenvalue weighted by atomic mass is 19.1. The Morgan fingerprint density at radius 3 is 2.60 bits per heavy atom. The number of nitrogens with one attached hydrogen (secondary N) is 2. The van der Waals surface area contributed by atoms with Crippen LogP contribution in [0.1, 0.15) is 49.5 Å². The molecule has 0 aromatic heterocycles. The number of halogens is 1. The highest BCUT2D eigenvalue weighted by Crippen LogP contribution is 2.35. The molecule has 3 aliphatic rings. The number of carbonyl (C=O) groups is 3. The van der Waals surface area contributed by atoms with Crippen LogP contribution in [0.15, 0.2) is 41.4 Å². The summed E-state index contributed by atoms with van der Waals surface area (Å²) in [5, 5.41) is 5.51. The van der Waals surface area contributed by atoms with Crippen molar-refractivity contribution in [2.45, 2.75) is 18.5 Å². The van der Waals surface area contributed by atoms with E-state index in [0.29, 0.717) is 37.2 Å². The number of nitrogens with two attached hydrogens (primary N) is 1. The summed E-state index contributed by atoms with van der Waals surface area (Å²) in [6.07, 6.45) is 0.999. The van der Waals surface area contributed by atoms with Crippen molar-refractivity contribution >= 4 is 29.2 Å². The van der Waals surface area contributed by atoms with Crippen molar-refractivity contribution in [1.29, 1.82) is 0 Å². The average Bonchev–Trinajstić information content (AvgIpc) is 3.01. The first-order chi connectivity index (χ1) is 14.4. The van der Waals surface area contributed by atoms with Gasteiger partial charge in [0.15, 0.2) is 0 Å². The number of nitrogens with zero attached hydrogens (tertiary/aromatic N) is 2. The van der Waals surface area contributed by atoms with Crippen LogP contribution in [-0.4, -0.2) is 47.2 Å². The smallest absolute Gasteiger partial charge is 0.258 e. The molecule has 8 nitrogen and oxygen atoms in total. The molecule has 0 saturated carbocycles. The van der Waals surface area contributed by atoms with Gasteiger partial charge in [-0.1, -0.05) is 6.07 Å². The Labute approximate surface area is 171 Å². The summed E-state index contributed by atoms with van der Waals surface area (Å²) in [4.78, 5) is 42.7. The molecule has 1 saturated heterocycles. The Balaban J connectivity index is 1.34. The Morgan fingerprint density at radius 1 is 1.10 bits per heavy atom. The monoisotopic (exact) mass is 407 g/mol. The number of hydrogen-bond donors (Lipinski definition) is 3. The van der Waals surface area contributed by atoms with Crippen LogP contribution in [0.5, 0.6) is 0 Å². The molecule has 0 atom stereocenters. The van der Waals surface area contributed by atoms with Crippen molar-refractivity contribution in [3.63, 3.8) is 0 Å². The zero-order valence-electron chi connectivity index (χ0n) is 15.9. The third-order valence-corrected chi connectivity index (χ3v) is 5.83. The number of aliphatic imine (C=N–C) groups is 1. The molecule has 0 unspecified atom stereocenters. The molecule has 3 aliphatic heterocycles. The zero-order chi connectivity index (χ0) is 21.0. The normalized spacial score (nSPS) is 19.0. The maximum Gasteiger partial charge on any atom is 0.258 e. The van der Waals surface area contributed by atoms with Gasteiger partial charge in [0.05, 0.1) is 16.7 Å². The number of benzene rings is 2. The number of anilines is 1. The standard InChI is InChI=1S/C21H18FN5O3/c22-14-2-1-3-15-16(14)17(23)26-21(25-15)6-8-27(9-7-21)20(30)11-4-5-12-13(10-11)19(29)24-18(12)28/h1-5,10,25H,6-9H2,(H2,23,26)(H,24,28,29). The molecule has 2 aromatic carbocycles. The Bertz CT molecular complexity index is 1150. The average molecular weight is 407 g/mol. The first-order valence-electron chi connectivity index (χ1n) is 9.58. The molecule has 5 rings (SSSR count). The highest BCUT2D eigenvalue weighted by molar-refractivity contribution is 6.22. The van der Waals surface area contributed by atoms with Crippen LogP contribution < -0.4 is 16.4 Å². The lowest BCUT2D eigenvalue weighted by molar-refractivity contribution is 0.0685. The second-order valence-electron chi connectivity index (χ2n) is 7.65. The van der Waals surface area contributed by atoms with Gasteiger partial charge in [-0.05, 0) is 30.3 Å². The van der Waals surface area contributed by atoms with Crippen molar-refractivity contribution in [2.24, 2.45) is 10.7 Å². The molecule has 1 spiro atoms. The molecule has 0 aliphatic carbocycles. The van der Waals surface area contributed by atoms with Crippen molar-refractivity contribution in [2.75, 3.05) is 18.4 Å². The van der Waals surface area contributed by atoms with Crippen molar-refractivity contribution in [3.8, 4) is 0 Å². The molecule has 4 N–H and O–H groups in total. The van der Waals surface area contributed by atoms with E-state index in [4.69, 9.17) is 5.73 Å². The van der Waals surface area contributed by atoms with E-state index in [2.05, 4.69) is 15.6 Å². The molecule has 3 heterocycles. The van der Waals surface area contributed by atoms with E-state index in [0.717, 1.165) is 0 Å². The summed E-state index contributed by atoms with van der Waals surface area (Å²) in [6.45, 7) is 0.824. The van der Waals surface area contributed by atoms with Crippen LogP contribution in [0, 0.1) is 5.82 Å². The summed E-state index contributed by atoms with van der Waals surface area (Å²) < 4.78 is 14.1. The fourth-order valence-electron chi connectivity index (χ4n) is 4.25. The zero-order valence-corrected chi connectivity index (χ0v) is 15.9. The van der Waals surface area contributed by atoms with E-state index < -0.39 is 23.3 Å². The minimum atomic E-state index is -0.689. The van der Waals surface area contributed by atoms with E-state index in [9.17, 15) is 18.8 Å². The quantitative estimate of drug-likeness (QED) is 0.619. The van der Waals surface area contributed by atoms with Gasteiger partial charge < -0.3 is 16.0 Å². The lowest BCUT2D eigenvalue weighted by atomic mass is 9.93. The summed E-state index contributed by atoms with van der Waals surface area (Å²) in [5.74, 6) is -1.45. The molecule has 1 fully saturated rings. The summed E-state index contributed by atoms with van der Waals surface area (Å²) in [6, 6.07) is 9.21. The van der Waals surface area contributed by atoms with Gasteiger partial charge in [-0.15, -0.1) is 0 Å². The van der Waals surface area contributed by atoms with Gasteiger partial charge in [-0.25, -0.2) is 9.38 Å². The molecule has 152 valence electrons. The molecular formula is C21H18FN5O3. The fourth-order valence-corrected chi connectivity index (χ4v) is 4.25. The van der Waals surface area contributed by atoms with Crippen LogP contribution in [0.4, 0.5) is 10.1 Å². The van der Waals surface area contributed by atoms with Gasteiger partial charge in [0.2, 0.25) is 0 Å². The summed E-state index contributed by atoms with van der Waals surface area (Å²) >= 11 is 0. The van der Waals surface area contributed by atoms with Crippen LogP contribution in [0.2, 0.25) is 0 Å². The van der Waals surface area contributed by atoms with Crippen molar-refractivity contribution in [3.05, 3.63) is 64.5 Å². The molecule has 0 bridgehead atoms. The highest BCUT2D eigenvalue weighted by Gasteiger charge is 2.40. The van der Waals surface area contributed by atoms with E-state index in [1.54, 1.807) is 23.1 Å². The van der Waals surface area contributed by atoms with Gasteiger partial charge in [-0.2, -0.15) is 0 Å². The van der Waals surface area contributed by atoms with E-state index >= 15 is 0 Å². The largest absolute Gasteiger partial charge is 0.383 e. The maximum absolute atomic E-state index is 14.1. The Kier molecular flexibility index (Phi) is 3.89. The van der Waals surface area contributed by atoms with Crippen molar-refractivity contribution < 1.29 is 18.8 Å². The third-order valence-electron chi connectivity index (χ3n) is 5.83. The lowest BCUT2D eigenvalue weighted by Crippen LogP contribution is -2.52. The number of carbonyl (C=O) groups excluding carboxylic acids is 3. The predicted octanol–water partition coefficient (Wildman–Crippen LogP) is 1.47. The molecule has 30 heavy (non-hydrogen) atoms. The molecule has 3 amide bonds. The van der Waals surface area contributed by atoms with Crippen LogP contribution >= 0.6 is 0 Å². The second kappa shape index (κ2) is 6.38. The minimum absolute atomic E-state index is 0.149. The van der Waals surface area contributed by atoms with Gasteiger partial charge in [0, 0.05) is 37.2 Å². The number of imide groups is 1. The SMILES string of the molecule is NC1=NC2(CCN(C(=O)c3ccc4c(c3)C(=O)NC4=O)CC2)Nc2cccc(F)c21. The van der Waals surface area contributed by atoms with Gasteiger partial charge in [0.25, 0.3) is 17.7 Å². The molecule has 9 heteroatoms. The third kappa shape index (κ3) is 2.73. The van der Waals surface area contributed by atoms with Crippen LogP contribution in [0.25, 0.3) is 0 Å². The topological polar surface area (TPSA) is 117 Å². The number of fused-ring (bicyclic) bond motifs is 2. The van der Waals surface area contributed by atoms with Gasteiger partial charge in [-0.3, -0.25) is 19.7 Å². The van der Waals surface area contributed by atoms with Crippen LogP contribution in [-0.2, 0) is 0 Å². The lowest BCUT2D eigenvalue weighted by Gasteiger charge is -2.42. The Morgan fingerprint density at radius 2 is 1.83 bits per heavy atom. The summed E-state index contributed by atoms with van der Waals surface area (Å²) in [7, 11) is 0. The predicted molar refractivity (Wildman–Crippen MR) is 107 cm³/mol. The van der Waals surface area contributed by atoms with Crippen LogP contribution in [0.3, 0.4) is 0 Å².